The molecule has 3 heterocycles. The van der Waals surface area contributed by atoms with Crippen LogP contribution in [-0.4, -0.2) is 27.3 Å². The van der Waals surface area contributed by atoms with Gasteiger partial charge in [-0.1, -0.05) is 6.07 Å². The van der Waals surface area contributed by atoms with Gasteiger partial charge in [0.25, 0.3) is 0 Å². The van der Waals surface area contributed by atoms with E-state index in [0.717, 1.165) is 33.1 Å². The van der Waals surface area contributed by atoms with Crippen LogP contribution in [0, 0.1) is 13.8 Å². The Kier molecular flexibility index (Phi) is 4.49. The average Bonchev–Trinajstić information content (AvgIpc) is 3.29. The summed E-state index contributed by atoms with van der Waals surface area (Å²) in [6, 6.07) is 7.87. The number of imidazole rings is 1. The van der Waals surface area contributed by atoms with Crippen molar-refractivity contribution in [3.63, 3.8) is 0 Å². The van der Waals surface area contributed by atoms with E-state index in [1.54, 1.807) is 13.3 Å². The number of ketones is 1. The molecule has 3 aromatic heterocycles. The molecule has 0 fully saturated rings. The number of aromatic nitrogens is 3. The Labute approximate surface area is 161 Å². The number of methoxy groups -OCH3 is 1. The van der Waals surface area contributed by atoms with Gasteiger partial charge in [0.15, 0.2) is 5.78 Å². The average molecular weight is 377 g/mol. The van der Waals surface area contributed by atoms with Gasteiger partial charge < -0.3 is 9.14 Å². The summed E-state index contributed by atoms with van der Waals surface area (Å²) in [5.74, 6) is 0.801. The molecule has 0 saturated heterocycles. The Balaban J connectivity index is 1.81. The molecular formula is C21H19N3O2S. The Morgan fingerprint density at radius 1 is 1.26 bits per heavy atom. The van der Waals surface area contributed by atoms with Gasteiger partial charge in [0.1, 0.15) is 16.4 Å². The van der Waals surface area contributed by atoms with Gasteiger partial charge in [-0.05, 0) is 48.7 Å². The van der Waals surface area contributed by atoms with Crippen molar-refractivity contribution in [1.29, 1.82) is 0 Å². The monoisotopic (exact) mass is 377 g/mol. The van der Waals surface area contributed by atoms with Crippen molar-refractivity contribution < 1.29 is 9.53 Å². The molecule has 0 N–H and O–H groups in total. The minimum atomic E-state index is 0.0166. The predicted octanol–water partition coefficient (Wildman–Crippen LogP) is 4.51. The summed E-state index contributed by atoms with van der Waals surface area (Å²) < 4.78 is 7.27. The van der Waals surface area contributed by atoms with Crippen LogP contribution in [0.5, 0.6) is 5.75 Å². The summed E-state index contributed by atoms with van der Waals surface area (Å²) in [4.78, 5) is 21.8. The van der Waals surface area contributed by atoms with Crippen LogP contribution in [0.4, 0.5) is 0 Å². The number of pyridine rings is 1. The van der Waals surface area contributed by atoms with E-state index in [-0.39, 0.29) is 12.2 Å². The summed E-state index contributed by atoms with van der Waals surface area (Å²) in [6.45, 7) is 3.98. The lowest BCUT2D eigenvalue weighted by Gasteiger charge is -2.11. The molecule has 4 rings (SSSR count). The zero-order chi connectivity index (χ0) is 19.0. The predicted molar refractivity (Wildman–Crippen MR) is 107 cm³/mol. The summed E-state index contributed by atoms with van der Waals surface area (Å²) in [5, 5.41) is 2.79. The zero-order valence-corrected chi connectivity index (χ0v) is 16.2. The van der Waals surface area contributed by atoms with Crippen molar-refractivity contribution in [1.82, 2.24) is 14.4 Å². The van der Waals surface area contributed by atoms with Crippen molar-refractivity contribution in [3.05, 3.63) is 70.1 Å². The number of fused-ring (bicyclic) bond motifs is 1. The Morgan fingerprint density at radius 2 is 2.11 bits per heavy atom. The molecule has 0 radical (unpaired) electrons. The van der Waals surface area contributed by atoms with Crippen LogP contribution in [-0.2, 0) is 6.42 Å². The number of nitrogens with zero attached hydrogens (tertiary/aromatic N) is 3. The minimum Gasteiger partial charge on any atom is -0.497 e. The van der Waals surface area contributed by atoms with Crippen molar-refractivity contribution in [2.24, 2.45) is 0 Å². The van der Waals surface area contributed by atoms with E-state index in [1.807, 2.05) is 60.3 Å². The molecule has 6 heteroatoms. The van der Waals surface area contributed by atoms with E-state index < -0.39 is 0 Å². The normalized spacial score (nSPS) is 11.1. The summed E-state index contributed by atoms with van der Waals surface area (Å²) >= 11 is 1.51. The first-order chi connectivity index (χ1) is 13.0. The van der Waals surface area contributed by atoms with Crippen molar-refractivity contribution in [2.75, 3.05) is 7.11 Å². The lowest BCUT2D eigenvalue weighted by Crippen LogP contribution is -2.07. The SMILES string of the molecule is COc1ccc(C)c(-c2cc(C(=O)Cc3nc(C)cs3)c3nccn3c2)c1. The van der Waals surface area contributed by atoms with E-state index in [2.05, 4.69) is 9.97 Å². The second kappa shape index (κ2) is 6.96. The molecule has 0 aliphatic carbocycles. The third kappa shape index (κ3) is 3.36. The van der Waals surface area contributed by atoms with E-state index in [0.29, 0.717) is 11.2 Å². The van der Waals surface area contributed by atoms with Gasteiger partial charge in [-0.3, -0.25) is 4.79 Å². The van der Waals surface area contributed by atoms with Gasteiger partial charge in [-0.15, -0.1) is 11.3 Å². The Hall–Kier alpha value is -2.99. The van der Waals surface area contributed by atoms with Crippen LogP contribution >= 0.6 is 11.3 Å². The highest BCUT2D eigenvalue weighted by Gasteiger charge is 2.17. The van der Waals surface area contributed by atoms with Crippen LogP contribution in [0.1, 0.15) is 26.6 Å². The molecule has 27 heavy (non-hydrogen) atoms. The highest BCUT2D eigenvalue weighted by Crippen LogP contribution is 2.30. The number of thiazole rings is 1. The first-order valence-corrected chi connectivity index (χ1v) is 9.49. The maximum atomic E-state index is 13.0. The molecule has 0 saturated carbocycles. The van der Waals surface area contributed by atoms with Gasteiger partial charge in [0.05, 0.1) is 19.1 Å². The topological polar surface area (TPSA) is 56.5 Å². The highest BCUT2D eigenvalue weighted by atomic mass is 32.1. The molecule has 0 aliphatic rings. The van der Waals surface area contributed by atoms with Crippen LogP contribution in [0.25, 0.3) is 16.8 Å². The number of benzene rings is 1. The largest absolute Gasteiger partial charge is 0.497 e. The third-order valence-corrected chi connectivity index (χ3v) is 5.49. The lowest BCUT2D eigenvalue weighted by atomic mass is 9.99. The number of carbonyl (C=O) groups is 1. The van der Waals surface area contributed by atoms with Crippen molar-refractivity contribution >= 4 is 22.8 Å². The van der Waals surface area contributed by atoms with Crippen molar-refractivity contribution in [3.8, 4) is 16.9 Å². The van der Waals surface area contributed by atoms with E-state index >= 15 is 0 Å². The second-order valence-electron chi connectivity index (χ2n) is 6.46. The van der Waals surface area contributed by atoms with Gasteiger partial charge in [0, 0.05) is 29.7 Å². The molecule has 0 amide bonds. The third-order valence-electron chi connectivity index (χ3n) is 4.52. The number of hydrogen-bond donors (Lipinski definition) is 0. The fourth-order valence-corrected chi connectivity index (χ4v) is 3.91. The first-order valence-electron chi connectivity index (χ1n) is 8.61. The fourth-order valence-electron chi connectivity index (χ4n) is 3.14. The van der Waals surface area contributed by atoms with Gasteiger partial charge >= 0.3 is 0 Å². The number of hydrogen-bond acceptors (Lipinski definition) is 5. The zero-order valence-electron chi connectivity index (χ0n) is 15.4. The molecule has 0 unspecified atom stereocenters. The number of rotatable bonds is 5. The maximum Gasteiger partial charge on any atom is 0.173 e. The molecule has 1 aromatic carbocycles. The Morgan fingerprint density at radius 3 is 2.85 bits per heavy atom. The van der Waals surface area contributed by atoms with E-state index in [9.17, 15) is 4.79 Å². The van der Waals surface area contributed by atoms with Crippen LogP contribution < -0.4 is 4.74 Å². The molecule has 0 spiro atoms. The fraction of sp³-hybridized carbons (Fsp3) is 0.190. The smallest absolute Gasteiger partial charge is 0.173 e. The van der Waals surface area contributed by atoms with Gasteiger partial charge in [0.2, 0.25) is 0 Å². The number of carbonyl (C=O) groups excluding carboxylic acids is 1. The molecular weight excluding hydrogens is 358 g/mol. The first kappa shape index (κ1) is 17.4. The number of ether oxygens (including phenoxy) is 1. The molecule has 4 aromatic rings. The van der Waals surface area contributed by atoms with E-state index in [1.165, 1.54) is 11.3 Å². The number of Topliss-reactive ketones (excluding diaryl/α,β-unsaturated/α-hetero) is 1. The molecule has 0 atom stereocenters. The quantitative estimate of drug-likeness (QED) is 0.480. The Bertz CT molecular complexity index is 1140. The van der Waals surface area contributed by atoms with Gasteiger partial charge in [-0.2, -0.15) is 0 Å². The van der Waals surface area contributed by atoms with E-state index in [4.69, 9.17) is 4.74 Å². The maximum absolute atomic E-state index is 13.0. The summed E-state index contributed by atoms with van der Waals surface area (Å²) in [7, 11) is 1.65. The summed E-state index contributed by atoms with van der Waals surface area (Å²) in [5.41, 5.74) is 5.31. The molecule has 5 nitrogen and oxygen atoms in total. The minimum absolute atomic E-state index is 0.0166. The molecule has 0 bridgehead atoms. The molecule has 136 valence electrons. The standard InChI is InChI=1S/C21H19N3O2S/c1-13-4-5-16(26-3)9-17(13)15-8-18(21-22-6-7-24(21)11-15)19(25)10-20-23-14(2)12-27-20/h4-9,11-12H,10H2,1-3H3. The van der Waals surface area contributed by atoms with Crippen molar-refractivity contribution in [2.45, 2.75) is 20.3 Å². The molecule has 0 aliphatic heterocycles. The highest BCUT2D eigenvalue weighted by molar-refractivity contribution is 7.09. The number of aryl methyl sites for hydroxylation is 2. The van der Waals surface area contributed by atoms with Crippen LogP contribution in [0.15, 0.2) is 48.2 Å². The van der Waals surface area contributed by atoms with Gasteiger partial charge in [-0.25, -0.2) is 9.97 Å². The second-order valence-corrected chi connectivity index (χ2v) is 7.41. The lowest BCUT2D eigenvalue weighted by molar-refractivity contribution is 0.0994. The van der Waals surface area contributed by atoms with Crippen LogP contribution in [0.2, 0.25) is 0 Å². The summed E-state index contributed by atoms with van der Waals surface area (Å²) in [6.07, 6.45) is 5.84. The van der Waals surface area contributed by atoms with Crippen LogP contribution in [0.3, 0.4) is 0 Å².